The van der Waals surface area contributed by atoms with E-state index in [9.17, 15) is 9.59 Å². The third-order valence-corrected chi connectivity index (χ3v) is 5.15. The summed E-state index contributed by atoms with van der Waals surface area (Å²) < 4.78 is 6.61. The van der Waals surface area contributed by atoms with E-state index in [1.54, 1.807) is 55.7 Å². The number of benzene rings is 2. The Labute approximate surface area is 165 Å². The van der Waals surface area contributed by atoms with Crippen LogP contribution in [0.4, 0.5) is 0 Å². The summed E-state index contributed by atoms with van der Waals surface area (Å²) >= 11 is 7.24. The van der Waals surface area contributed by atoms with Gasteiger partial charge in [0.15, 0.2) is 10.9 Å². The second-order valence-electron chi connectivity index (χ2n) is 5.70. The fourth-order valence-electron chi connectivity index (χ4n) is 2.56. The largest absolute Gasteiger partial charge is 0.497 e. The predicted octanol–water partition coefficient (Wildman–Crippen LogP) is 4.22. The molecule has 3 aromatic rings. The van der Waals surface area contributed by atoms with Crippen LogP contribution in [0.15, 0.2) is 65.1 Å². The number of carbonyl (C=O) groups excluding carboxylic acids is 1. The standard InChI is InChI=1S/C20H17ClN2O3S/c1-3-10-23-19(25)16-9-6-14(21)11-17(16)22-20(23)27-12-18(24)13-4-7-15(26-2)8-5-13/h3-9,11H,1,10,12H2,2H3. The molecule has 0 amide bonds. The summed E-state index contributed by atoms with van der Waals surface area (Å²) in [6.45, 7) is 4.00. The minimum atomic E-state index is -0.184. The van der Waals surface area contributed by atoms with Gasteiger partial charge in [0.2, 0.25) is 0 Å². The molecule has 0 saturated heterocycles. The minimum absolute atomic E-state index is 0.0618. The van der Waals surface area contributed by atoms with Crippen molar-refractivity contribution in [3.05, 3.63) is 76.1 Å². The van der Waals surface area contributed by atoms with Crippen molar-refractivity contribution in [1.29, 1.82) is 0 Å². The summed E-state index contributed by atoms with van der Waals surface area (Å²) in [6.07, 6.45) is 1.63. The lowest BCUT2D eigenvalue weighted by atomic mass is 10.1. The van der Waals surface area contributed by atoms with Crippen LogP contribution >= 0.6 is 23.4 Å². The molecule has 0 N–H and O–H groups in total. The summed E-state index contributed by atoms with van der Waals surface area (Å²) in [5, 5.41) is 1.43. The zero-order chi connectivity index (χ0) is 19.4. The van der Waals surface area contributed by atoms with E-state index in [0.29, 0.717) is 38.9 Å². The Morgan fingerprint density at radius 1 is 1.30 bits per heavy atom. The van der Waals surface area contributed by atoms with Crippen molar-refractivity contribution in [1.82, 2.24) is 9.55 Å². The number of fused-ring (bicyclic) bond motifs is 1. The van der Waals surface area contributed by atoms with Crippen molar-refractivity contribution in [3.63, 3.8) is 0 Å². The number of thioether (sulfide) groups is 1. The van der Waals surface area contributed by atoms with E-state index in [1.165, 1.54) is 16.3 Å². The minimum Gasteiger partial charge on any atom is -0.497 e. The molecule has 2 aromatic carbocycles. The number of aromatic nitrogens is 2. The molecule has 3 rings (SSSR count). The molecule has 0 unspecified atom stereocenters. The number of ketones is 1. The Bertz CT molecular complexity index is 1060. The van der Waals surface area contributed by atoms with Crippen LogP contribution in [0, 0.1) is 0 Å². The molecule has 0 aliphatic rings. The summed E-state index contributed by atoms with van der Waals surface area (Å²) in [4.78, 5) is 29.8. The highest BCUT2D eigenvalue weighted by Gasteiger charge is 2.14. The van der Waals surface area contributed by atoms with Gasteiger partial charge < -0.3 is 4.74 Å². The van der Waals surface area contributed by atoms with E-state index in [0.717, 1.165) is 0 Å². The molecule has 5 nitrogen and oxygen atoms in total. The van der Waals surface area contributed by atoms with Gasteiger partial charge in [-0.1, -0.05) is 29.4 Å². The summed E-state index contributed by atoms with van der Waals surface area (Å²) in [6, 6.07) is 11.9. The Morgan fingerprint density at radius 2 is 2.04 bits per heavy atom. The predicted molar refractivity (Wildman–Crippen MR) is 109 cm³/mol. The van der Waals surface area contributed by atoms with Gasteiger partial charge in [-0.3, -0.25) is 14.2 Å². The first-order valence-corrected chi connectivity index (χ1v) is 9.51. The second-order valence-corrected chi connectivity index (χ2v) is 7.08. The number of carbonyl (C=O) groups is 1. The van der Waals surface area contributed by atoms with E-state index in [-0.39, 0.29) is 17.1 Å². The Balaban J connectivity index is 1.90. The zero-order valence-corrected chi connectivity index (χ0v) is 16.2. The third kappa shape index (κ3) is 4.23. The highest BCUT2D eigenvalue weighted by molar-refractivity contribution is 7.99. The summed E-state index contributed by atoms with van der Waals surface area (Å²) in [5.74, 6) is 0.780. The maximum absolute atomic E-state index is 12.8. The van der Waals surface area contributed by atoms with Gasteiger partial charge in [-0.05, 0) is 42.5 Å². The SMILES string of the molecule is C=CCn1c(SCC(=O)c2ccc(OC)cc2)nc2cc(Cl)ccc2c1=O. The molecular weight excluding hydrogens is 384 g/mol. The van der Waals surface area contributed by atoms with Gasteiger partial charge in [0.25, 0.3) is 5.56 Å². The molecule has 0 radical (unpaired) electrons. The Morgan fingerprint density at radius 3 is 2.70 bits per heavy atom. The van der Waals surface area contributed by atoms with Crippen LogP contribution in [-0.4, -0.2) is 28.2 Å². The van der Waals surface area contributed by atoms with Gasteiger partial charge in [-0.2, -0.15) is 0 Å². The van der Waals surface area contributed by atoms with Crippen LogP contribution in [0.25, 0.3) is 10.9 Å². The molecule has 0 aliphatic heterocycles. The normalized spacial score (nSPS) is 10.7. The highest BCUT2D eigenvalue weighted by Crippen LogP contribution is 2.22. The monoisotopic (exact) mass is 400 g/mol. The van der Waals surface area contributed by atoms with Crippen LogP contribution < -0.4 is 10.3 Å². The number of hydrogen-bond donors (Lipinski definition) is 0. The first-order chi connectivity index (χ1) is 13.0. The lowest BCUT2D eigenvalue weighted by Crippen LogP contribution is -2.23. The number of rotatable bonds is 7. The van der Waals surface area contributed by atoms with Gasteiger partial charge in [-0.15, -0.1) is 6.58 Å². The molecule has 0 spiro atoms. The topological polar surface area (TPSA) is 61.2 Å². The van der Waals surface area contributed by atoms with Gasteiger partial charge in [0.05, 0.1) is 23.8 Å². The van der Waals surface area contributed by atoms with Crippen molar-refractivity contribution in [3.8, 4) is 5.75 Å². The first-order valence-electron chi connectivity index (χ1n) is 8.14. The van der Waals surface area contributed by atoms with E-state index in [2.05, 4.69) is 11.6 Å². The van der Waals surface area contributed by atoms with Crippen LogP contribution in [0.5, 0.6) is 5.75 Å². The molecule has 0 atom stereocenters. The molecule has 7 heteroatoms. The van der Waals surface area contributed by atoms with E-state index in [1.807, 2.05) is 0 Å². The Hall–Kier alpha value is -2.57. The fourth-order valence-corrected chi connectivity index (χ4v) is 3.63. The van der Waals surface area contributed by atoms with E-state index in [4.69, 9.17) is 16.3 Å². The van der Waals surface area contributed by atoms with Gasteiger partial charge in [-0.25, -0.2) is 4.98 Å². The number of methoxy groups -OCH3 is 1. The molecule has 138 valence electrons. The van der Waals surface area contributed by atoms with Gasteiger partial charge in [0, 0.05) is 17.1 Å². The number of allylic oxidation sites excluding steroid dienone is 1. The quantitative estimate of drug-likeness (QED) is 0.257. The lowest BCUT2D eigenvalue weighted by molar-refractivity contribution is 0.102. The van der Waals surface area contributed by atoms with Gasteiger partial charge >= 0.3 is 0 Å². The molecule has 0 saturated carbocycles. The van der Waals surface area contributed by atoms with Crippen LogP contribution in [0.1, 0.15) is 10.4 Å². The number of hydrogen-bond acceptors (Lipinski definition) is 5. The molecule has 1 aromatic heterocycles. The number of nitrogens with zero attached hydrogens (tertiary/aromatic N) is 2. The number of ether oxygens (including phenoxy) is 1. The van der Waals surface area contributed by atoms with Crippen LogP contribution in [0.2, 0.25) is 5.02 Å². The average molecular weight is 401 g/mol. The van der Waals surface area contributed by atoms with Crippen molar-refractivity contribution in [2.24, 2.45) is 0 Å². The third-order valence-electron chi connectivity index (χ3n) is 3.94. The molecule has 27 heavy (non-hydrogen) atoms. The highest BCUT2D eigenvalue weighted by atomic mass is 35.5. The summed E-state index contributed by atoms with van der Waals surface area (Å²) in [5.41, 5.74) is 0.896. The average Bonchev–Trinajstić information content (AvgIpc) is 2.68. The van der Waals surface area contributed by atoms with Crippen molar-refractivity contribution >= 4 is 40.0 Å². The maximum Gasteiger partial charge on any atom is 0.262 e. The van der Waals surface area contributed by atoms with Gasteiger partial charge in [0.1, 0.15) is 5.75 Å². The zero-order valence-electron chi connectivity index (χ0n) is 14.6. The second kappa shape index (κ2) is 8.41. The van der Waals surface area contributed by atoms with Crippen LogP contribution in [-0.2, 0) is 6.54 Å². The first kappa shape index (κ1) is 19.2. The molecule has 1 heterocycles. The van der Waals surface area contributed by atoms with E-state index >= 15 is 0 Å². The van der Waals surface area contributed by atoms with E-state index < -0.39 is 0 Å². The van der Waals surface area contributed by atoms with Crippen LogP contribution in [0.3, 0.4) is 0 Å². The fraction of sp³-hybridized carbons (Fsp3) is 0.150. The lowest BCUT2D eigenvalue weighted by Gasteiger charge is -2.11. The number of halogens is 1. The maximum atomic E-state index is 12.8. The summed E-state index contributed by atoms with van der Waals surface area (Å²) in [7, 11) is 1.57. The Kier molecular flexibility index (Phi) is 5.98. The molecule has 0 bridgehead atoms. The van der Waals surface area contributed by atoms with Crippen molar-refractivity contribution < 1.29 is 9.53 Å². The number of Topliss-reactive ketones (excluding diaryl/α,β-unsaturated/α-hetero) is 1. The molecule has 0 fully saturated rings. The smallest absolute Gasteiger partial charge is 0.262 e. The molecule has 0 aliphatic carbocycles. The molecular formula is C20H17ClN2O3S. The van der Waals surface area contributed by atoms with Crippen molar-refractivity contribution in [2.45, 2.75) is 11.7 Å². The van der Waals surface area contributed by atoms with Crippen molar-refractivity contribution in [2.75, 3.05) is 12.9 Å².